The lowest BCUT2D eigenvalue weighted by Gasteiger charge is -2.01. The summed E-state index contributed by atoms with van der Waals surface area (Å²) in [5.41, 5.74) is 3.44. The van der Waals surface area contributed by atoms with Gasteiger partial charge in [-0.05, 0) is 23.7 Å². The maximum atomic E-state index is 6.05. The lowest BCUT2D eigenvalue weighted by Crippen LogP contribution is -1.88. The first-order chi connectivity index (χ1) is 9.83. The molecule has 0 unspecified atom stereocenters. The molecule has 20 heavy (non-hydrogen) atoms. The summed E-state index contributed by atoms with van der Waals surface area (Å²) in [4.78, 5) is 12.8. The minimum Gasteiger partial charge on any atom is -0.434 e. The monoisotopic (exact) mass is 281 g/mol. The number of benzene rings is 1. The Labute approximate surface area is 119 Å². The van der Waals surface area contributed by atoms with Crippen molar-refractivity contribution < 1.29 is 4.42 Å². The fraction of sp³-hybridized carbons (Fsp3) is 0. The summed E-state index contributed by atoms with van der Waals surface area (Å²) in [6.07, 6.45) is 1.68. The molecule has 0 spiro atoms. The van der Waals surface area contributed by atoms with Crippen LogP contribution in [0.25, 0.3) is 33.5 Å². The van der Waals surface area contributed by atoms with Crippen molar-refractivity contribution >= 4 is 33.8 Å². The normalized spacial score (nSPS) is 11.2. The van der Waals surface area contributed by atoms with Crippen molar-refractivity contribution in [3.63, 3.8) is 0 Å². The number of rotatable bonds is 1. The molecular formula is C15H8ClN3O. The maximum absolute atomic E-state index is 6.05. The van der Waals surface area contributed by atoms with Gasteiger partial charge >= 0.3 is 0 Å². The van der Waals surface area contributed by atoms with Crippen LogP contribution < -0.4 is 0 Å². The number of pyridine rings is 1. The topological polar surface area (TPSA) is 51.8 Å². The second-order valence-corrected chi connectivity index (χ2v) is 4.68. The minimum atomic E-state index is 0.197. The highest BCUT2D eigenvalue weighted by Crippen LogP contribution is 2.33. The van der Waals surface area contributed by atoms with Crippen molar-refractivity contribution in [1.82, 2.24) is 15.0 Å². The van der Waals surface area contributed by atoms with E-state index in [0.29, 0.717) is 22.5 Å². The van der Waals surface area contributed by atoms with E-state index in [9.17, 15) is 0 Å². The molecule has 0 saturated heterocycles. The molecule has 5 heteroatoms. The lowest BCUT2D eigenvalue weighted by molar-refractivity contribution is 0.652. The second-order valence-electron chi connectivity index (χ2n) is 4.34. The molecule has 4 aromatic rings. The smallest absolute Gasteiger partial charge is 0.229 e. The quantitative estimate of drug-likeness (QED) is 0.493. The van der Waals surface area contributed by atoms with Crippen molar-refractivity contribution in [3.8, 4) is 11.3 Å². The summed E-state index contributed by atoms with van der Waals surface area (Å²) in [5.74, 6) is 0. The van der Waals surface area contributed by atoms with Crippen LogP contribution in [-0.4, -0.2) is 15.0 Å². The summed E-state index contributed by atoms with van der Waals surface area (Å²) in [6.45, 7) is 0. The number of hydrogen-bond acceptors (Lipinski definition) is 4. The van der Waals surface area contributed by atoms with Crippen molar-refractivity contribution in [1.29, 1.82) is 0 Å². The fourth-order valence-electron chi connectivity index (χ4n) is 2.24. The molecular weight excluding hydrogens is 274 g/mol. The van der Waals surface area contributed by atoms with Gasteiger partial charge in [0.05, 0.1) is 5.39 Å². The molecule has 0 N–H and O–H groups in total. The fourth-order valence-corrected chi connectivity index (χ4v) is 2.41. The summed E-state index contributed by atoms with van der Waals surface area (Å²) < 4.78 is 5.80. The Kier molecular flexibility index (Phi) is 2.44. The van der Waals surface area contributed by atoms with Crippen LogP contribution in [0.1, 0.15) is 0 Å². The Morgan fingerprint density at radius 2 is 1.80 bits per heavy atom. The van der Waals surface area contributed by atoms with Gasteiger partial charge in [0.1, 0.15) is 11.2 Å². The molecule has 4 rings (SSSR count). The number of fused-ring (bicyclic) bond motifs is 3. The Balaban J connectivity index is 2.16. The third kappa shape index (κ3) is 1.66. The Morgan fingerprint density at radius 3 is 2.65 bits per heavy atom. The van der Waals surface area contributed by atoms with E-state index in [1.54, 1.807) is 6.20 Å². The zero-order chi connectivity index (χ0) is 13.5. The van der Waals surface area contributed by atoms with Gasteiger partial charge in [0, 0.05) is 11.8 Å². The van der Waals surface area contributed by atoms with Crippen LogP contribution in [0.3, 0.4) is 0 Å². The molecule has 3 aromatic heterocycles. The van der Waals surface area contributed by atoms with E-state index < -0.39 is 0 Å². The van der Waals surface area contributed by atoms with Crippen molar-refractivity contribution in [2.75, 3.05) is 0 Å². The number of hydrogen-bond donors (Lipinski definition) is 0. The molecule has 0 aliphatic rings. The first-order valence-electron chi connectivity index (χ1n) is 6.09. The molecule has 0 atom stereocenters. The molecule has 1 aromatic carbocycles. The maximum Gasteiger partial charge on any atom is 0.229 e. The summed E-state index contributed by atoms with van der Waals surface area (Å²) in [6, 6.07) is 13.5. The lowest BCUT2D eigenvalue weighted by atomic mass is 10.1. The molecule has 0 bridgehead atoms. The molecule has 0 saturated carbocycles. The summed E-state index contributed by atoms with van der Waals surface area (Å²) in [7, 11) is 0. The standard InChI is InChI=1S/C15H8ClN3O/c16-15-18-11(9-5-2-1-3-6-9)13-12(19-15)10-7-4-8-17-14(10)20-13/h1-8H. The van der Waals surface area contributed by atoms with Gasteiger partial charge in [0.2, 0.25) is 11.0 Å². The van der Waals surface area contributed by atoms with Crippen LogP contribution in [0.2, 0.25) is 5.28 Å². The SMILES string of the molecule is Clc1nc(-c2ccccc2)c2oc3ncccc3c2n1. The average molecular weight is 282 g/mol. The van der Waals surface area contributed by atoms with E-state index >= 15 is 0 Å². The van der Waals surface area contributed by atoms with E-state index in [-0.39, 0.29) is 5.28 Å². The van der Waals surface area contributed by atoms with E-state index in [4.69, 9.17) is 16.0 Å². The van der Waals surface area contributed by atoms with Gasteiger partial charge in [0.25, 0.3) is 0 Å². The van der Waals surface area contributed by atoms with Gasteiger partial charge < -0.3 is 4.42 Å². The zero-order valence-corrected chi connectivity index (χ0v) is 11.0. The van der Waals surface area contributed by atoms with Crippen LogP contribution in [0, 0.1) is 0 Å². The summed E-state index contributed by atoms with van der Waals surface area (Å²) >= 11 is 6.05. The summed E-state index contributed by atoms with van der Waals surface area (Å²) in [5, 5.41) is 1.03. The average Bonchev–Trinajstić information content (AvgIpc) is 2.86. The second kappa shape index (κ2) is 4.28. The zero-order valence-electron chi connectivity index (χ0n) is 10.2. The minimum absolute atomic E-state index is 0.197. The first kappa shape index (κ1) is 11.4. The number of furan rings is 1. The molecule has 0 radical (unpaired) electrons. The van der Waals surface area contributed by atoms with Gasteiger partial charge in [-0.25, -0.2) is 15.0 Å². The Morgan fingerprint density at radius 1 is 0.950 bits per heavy atom. The van der Waals surface area contributed by atoms with Gasteiger partial charge in [0.15, 0.2) is 5.58 Å². The molecule has 0 aliphatic heterocycles. The van der Waals surface area contributed by atoms with Crippen LogP contribution in [-0.2, 0) is 0 Å². The van der Waals surface area contributed by atoms with E-state index in [2.05, 4.69) is 15.0 Å². The van der Waals surface area contributed by atoms with E-state index in [1.165, 1.54) is 0 Å². The predicted octanol–water partition coefficient (Wildman–Crippen LogP) is 4.09. The highest BCUT2D eigenvalue weighted by Gasteiger charge is 2.16. The Hall–Kier alpha value is -2.46. The van der Waals surface area contributed by atoms with Crippen LogP contribution >= 0.6 is 11.6 Å². The Bertz CT molecular complexity index is 918. The highest BCUT2D eigenvalue weighted by molar-refractivity contribution is 6.29. The molecule has 0 aliphatic carbocycles. The third-order valence-electron chi connectivity index (χ3n) is 3.11. The van der Waals surface area contributed by atoms with Crippen LogP contribution in [0.4, 0.5) is 0 Å². The molecule has 96 valence electrons. The number of aromatic nitrogens is 3. The van der Waals surface area contributed by atoms with Gasteiger partial charge in [-0.1, -0.05) is 30.3 Å². The van der Waals surface area contributed by atoms with Crippen molar-refractivity contribution in [2.24, 2.45) is 0 Å². The van der Waals surface area contributed by atoms with E-state index in [0.717, 1.165) is 10.9 Å². The van der Waals surface area contributed by atoms with Gasteiger partial charge in [-0.15, -0.1) is 0 Å². The molecule has 4 nitrogen and oxygen atoms in total. The molecule has 0 amide bonds. The predicted molar refractivity (Wildman–Crippen MR) is 77.6 cm³/mol. The number of halogens is 1. The van der Waals surface area contributed by atoms with Gasteiger partial charge in [-0.3, -0.25) is 0 Å². The molecule has 3 heterocycles. The highest BCUT2D eigenvalue weighted by atomic mass is 35.5. The van der Waals surface area contributed by atoms with E-state index in [1.807, 2.05) is 42.5 Å². The van der Waals surface area contributed by atoms with Gasteiger partial charge in [-0.2, -0.15) is 0 Å². The van der Waals surface area contributed by atoms with Crippen molar-refractivity contribution in [2.45, 2.75) is 0 Å². The largest absolute Gasteiger partial charge is 0.434 e. The third-order valence-corrected chi connectivity index (χ3v) is 3.28. The van der Waals surface area contributed by atoms with Crippen LogP contribution in [0.15, 0.2) is 53.1 Å². The molecule has 0 fully saturated rings. The first-order valence-corrected chi connectivity index (χ1v) is 6.47. The number of nitrogens with zero attached hydrogens (tertiary/aromatic N) is 3. The van der Waals surface area contributed by atoms with Crippen molar-refractivity contribution in [3.05, 3.63) is 53.9 Å². The van der Waals surface area contributed by atoms with Crippen LogP contribution in [0.5, 0.6) is 0 Å².